The summed E-state index contributed by atoms with van der Waals surface area (Å²) in [4.78, 5) is 25.4. The van der Waals surface area contributed by atoms with Gasteiger partial charge in [0, 0.05) is 11.5 Å². The molecule has 27 heavy (non-hydrogen) atoms. The van der Waals surface area contributed by atoms with Crippen LogP contribution in [0.15, 0.2) is 43.0 Å². The number of hydrogen-bond acceptors (Lipinski definition) is 6. The van der Waals surface area contributed by atoms with Crippen molar-refractivity contribution >= 4 is 22.9 Å². The summed E-state index contributed by atoms with van der Waals surface area (Å²) >= 11 is 0. The fourth-order valence-corrected chi connectivity index (χ4v) is 3.45. The Morgan fingerprint density at radius 3 is 2.67 bits per heavy atom. The Balaban J connectivity index is 1.65. The van der Waals surface area contributed by atoms with Crippen molar-refractivity contribution in [1.29, 1.82) is 0 Å². The Labute approximate surface area is 156 Å². The molecular formula is C19H21N5O3. The van der Waals surface area contributed by atoms with Crippen LogP contribution in [0.25, 0.3) is 11.2 Å². The molecule has 3 heterocycles. The molecule has 0 saturated carbocycles. The second-order valence-corrected chi connectivity index (χ2v) is 6.83. The zero-order chi connectivity index (χ0) is 19.0. The Bertz CT molecular complexity index is 958. The van der Waals surface area contributed by atoms with Gasteiger partial charge in [0.25, 0.3) is 5.91 Å². The first-order valence-electron chi connectivity index (χ1n) is 8.90. The standard InChI is InChI=1S/C19H21N5O3/c1-11-12(2)19(27-14(11)8-25)24-10-22-15-16(20-9-21-17(15)24)23-18(26)13-6-4-3-5-7-13/h3-7,9-12,14,19,25H,8H2,1-2H3,(H,20,21,23,26)/t11-,12?,14-,19-/m1/s1. The van der Waals surface area contributed by atoms with Crippen molar-refractivity contribution in [2.24, 2.45) is 11.8 Å². The van der Waals surface area contributed by atoms with Crippen LogP contribution in [0.2, 0.25) is 0 Å². The van der Waals surface area contributed by atoms with Gasteiger partial charge in [0.15, 0.2) is 17.0 Å². The number of benzene rings is 1. The number of nitrogens with zero attached hydrogens (tertiary/aromatic N) is 4. The molecule has 1 aliphatic heterocycles. The summed E-state index contributed by atoms with van der Waals surface area (Å²) in [7, 11) is 0. The fourth-order valence-electron chi connectivity index (χ4n) is 3.45. The molecule has 1 fully saturated rings. The van der Waals surface area contributed by atoms with Gasteiger partial charge in [0.1, 0.15) is 12.6 Å². The number of ether oxygens (including phenoxy) is 1. The molecule has 1 aliphatic rings. The molecule has 0 spiro atoms. The second kappa shape index (κ2) is 7.05. The largest absolute Gasteiger partial charge is 0.394 e. The SMILES string of the molecule is CC1[C@@H](C)[C@@H](CO)O[C@H]1n1cnc2c(NC(=O)c3ccccc3)ncnc21. The maximum atomic E-state index is 12.4. The van der Waals surface area contributed by atoms with Crippen LogP contribution < -0.4 is 5.32 Å². The highest BCUT2D eigenvalue weighted by atomic mass is 16.5. The maximum Gasteiger partial charge on any atom is 0.256 e. The molecule has 1 unspecified atom stereocenters. The highest BCUT2D eigenvalue weighted by Crippen LogP contribution is 2.39. The predicted molar refractivity (Wildman–Crippen MR) is 99.0 cm³/mol. The first kappa shape index (κ1) is 17.6. The second-order valence-electron chi connectivity index (χ2n) is 6.83. The first-order chi connectivity index (χ1) is 13.1. The molecule has 1 aromatic carbocycles. The normalized spacial score (nSPS) is 25.0. The first-order valence-corrected chi connectivity index (χ1v) is 8.90. The molecule has 0 radical (unpaired) electrons. The van der Waals surface area contributed by atoms with Gasteiger partial charge in [0.2, 0.25) is 0 Å². The average Bonchev–Trinajstić information content (AvgIpc) is 3.25. The van der Waals surface area contributed by atoms with E-state index in [1.165, 1.54) is 6.33 Å². The van der Waals surface area contributed by atoms with Crippen molar-refractivity contribution in [2.45, 2.75) is 26.2 Å². The molecule has 3 aromatic rings. The summed E-state index contributed by atoms with van der Waals surface area (Å²) in [5.74, 6) is 0.475. The van der Waals surface area contributed by atoms with Crippen molar-refractivity contribution in [1.82, 2.24) is 19.5 Å². The topological polar surface area (TPSA) is 102 Å². The van der Waals surface area contributed by atoms with E-state index in [1.54, 1.807) is 30.6 Å². The number of amides is 1. The minimum atomic E-state index is -0.283. The van der Waals surface area contributed by atoms with Crippen LogP contribution in [0.4, 0.5) is 5.82 Å². The van der Waals surface area contributed by atoms with E-state index in [-0.39, 0.29) is 36.7 Å². The number of aromatic nitrogens is 4. The van der Waals surface area contributed by atoms with Gasteiger partial charge in [-0.2, -0.15) is 0 Å². The zero-order valence-corrected chi connectivity index (χ0v) is 15.1. The molecule has 0 aliphatic carbocycles. The highest BCUT2D eigenvalue weighted by molar-refractivity contribution is 6.06. The van der Waals surface area contributed by atoms with Gasteiger partial charge in [-0.15, -0.1) is 0 Å². The van der Waals surface area contributed by atoms with Crippen LogP contribution in [0.5, 0.6) is 0 Å². The number of hydrogen-bond donors (Lipinski definition) is 2. The fraction of sp³-hybridized carbons (Fsp3) is 0.368. The van der Waals surface area contributed by atoms with E-state index < -0.39 is 0 Å². The molecule has 0 bridgehead atoms. The summed E-state index contributed by atoms with van der Waals surface area (Å²) < 4.78 is 7.84. The van der Waals surface area contributed by atoms with Crippen molar-refractivity contribution in [2.75, 3.05) is 11.9 Å². The molecular weight excluding hydrogens is 346 g/mol. The molecule has 140 valence electrons. The van der Waals surface area contributed by atoms with Crippen molar-refractivity contribution in [3.05, 3.63) is 48.5 Å². The van der Waals surface area contributed by atoms with E-state index in [2.05, 4.69) is 34.1 Å². The van der Waals surface area contributed by atoms with Gasteiger partial charge in [-0.25, -0.2) is 15.0 Å². The quantitative estimate of drug-likeness (QED) is 0.733. The number of fused-ring (bicyclic) bond motifs is 1. The third-order valence-electron chi connectivity index (χ3n) is 5.26. The molecule has 8 heteroatoms. The lowest BCUT2D eigenvalue weighted by Gasteiger charge is -2.18. The van der Waals surface area contributed by atoms with E-state index in [1.807, 2.05) is 10.6 Å². The van der Waals surface area contributed by atoms with E-state index in [0.717, 1.165) is 0 Å². The Hall–Kier alpha value is -2.84. The Morgan fingerprint density at radius 1 is 1.19 bits per heavy atom. The average molecular weight is 367 g/mol. The van der Waals surface area contributed by atoms with Crippen molar-refractivity contribution in [3.8, 4) is 0 Å². The van der Waals surface area contributed by atoms with E-state index >= 15 is 0 Å². The smallest absolute Gasteiger partial charge is 0.256 e. The van der Waals surface area contributed by atoms with Crippen LogP contribution in [0.1, 0.15) is 30.4 Å². The summed E-state index contributed by atoms with van der Waals surface area (Å²) in [5.41, 5.74) is 1.62. The van der Waals surface area contributed by atoms with Gasteiger partial charge in [-0.3, -0.25) is 9.36 Å². The van der Waals surface area contributed by atoms with Gasteiger partial charge < -0.3 is 15.2 Å². The third-order valence-corrected chi connectivity index (χ3v) is 5.26. The lowest BCUT2D eigenvalue weighted by atomic mass is 9.93. The number of imidazole rings is 1. The van der Waals surface area contributed by atoms with Gasteiger partial charge in [-0.05, 0) is 18.1 Å². The minimum absolute atomic E-state index is 0.0258. The minimum Gasteiger partial charge on any atom is -0.394 e. The number of carbonyl (C=O) groups excluding carboxylic acids is 1. The molecule has 8 nitrogen and oxygen atoms in total. The van der Waals surface area contributed by atoms with Crippen LogP contribution >= 0.6 is 0 Å². The molecule has 2 N–H and O–H groups in total. The van der Waals surface area contributed by atoms with Crippen LogP contribution in [0, 0.1) is 11.8 Å². The number of anilines is 1. The number of carbonyl (C=O) groups is 1. The van der Waals surface area contributed by atoms with Crippen LogP contribution in [0.3, 0.4) is 0 Å². The number of aliphatic hydroxyl groups is 1. The monoisotopic (exact) mass is 367 g/mol. The summed E-state index contributed by atoms with van der Waals surface area (Å²) in [6.45, 7) is 4.11. The molecule has 4 rings (SSSR count). The molecule has 1 amide bonds. The lowest BCUT2D eigenvalue weighted by Crippen LogP contribution is -2.19. The summed E-state index contributed by atoms with van der Waals surface area (Å²) in [5, 5.41) is 12.3. The zero-order valence-electron chi connectivity index (χ0n) is 15.1. The lowest BCUT2D eigenvalue weighted by molar-refractivity contribution is -0.0336. The van der Waals surface area contributed by atoms with Gasteiger partial charge in [0.05, 0.1) is 19.0 Å². The van der Waals surface area contributed by atoms with E-state index in [4.69, 9.17) is 4.74 Å². The Morgan fingerprint density at radius 2 is 1.96 bits per heavy atom. The van der Waals surface area contributed by atoms with Crippen LogP contribution in [-0.4, -0.2) is 43.2 Å². The van der Waals surface area contributed by atoms with E-state index in [9.17, 15) is 9.90 Å². The number of rotatable bonds is 4. The van der Waals surface area contributed by atoms with Crippen molar-refractivity contribution < 1.29 is 14.6 Å². The van der Waals surface area contributed by atoms with Gasteiger partial charge in [-0.1, -0.05) is 32.0 Å². The summed E-state index contributed by atoms with van der Waals surface area (Å²) in [6, 6.07) is 8.92. The van der Waals surface area contributed by atoms with E-state index in [0.29, 0.717) is 22.5 Å². The summed E-state index contributed by atoms with van der Waals surface area (Å²) in [6.07, 6.45) is 2.54. The number of nitrogens with one attached hydrogen (secondary N) is 1. The van der Waals surface area contributed by atoms with Crippen molar-refractivity contribution in [3.63, 3.8) is 0 Å². The Kier molecular flexibility index (Phi) is 4.59. The molecule has 2 aromatic heterocycles. The molecule has 1 saturated heterocycles. The third kappa shape index (κ3) is 3.07. The van der Waals surface area contributed by atoms with Gasteiger partial charge >= 0.3 is 0 Å². The molecule has 4 atom stereocenters. The predicted octanol–water partition coefficient (Wildman–Crippen LogP) is 2.24. The number of aliphatic hydroxyl groups excluding tert-OH is 1. The van der Waals surface area contributed by atoms with Crippen LogP contribution in [-0.2, 0) is 4.74 Å². The maximum absolute atomic E-state index is 12.4. The highest BCUT2D eigenvalue weighted by Gasteiger charge is 2.40.